The van der Waals surface area contributed by atoms with Crippen molar-refractivity contribution in [3.8, 4) is 11.8 Å². The Hall–Kier alpha value is -1.27. The Kier molecular flexibility index (Phi) is 4.55. The van der Waals surface area contributed by atoms with E-state index in [1.807, 2.05) is 26.8 Å². The maximum atomic E-state index is 11.3. The number of carbonyl (C=O) groups excluding carboxylic acids is 1. The van der Waals surface area contributed by atoms with Crippen LogP contribution in [0.5, 0.6) is 0 Å². The fraction of sp³-hybridized carbons (Fsp3) is 0.706. The van der Waals surface area contributed by atoms with Crippen LogP contribution in [0.3, 0.4) is 0 Å². The standard InChI is InChI=1S/C17H24O3/c1-4-5-10-17(2,3)15(18)9-7-12-6-8-14-13(12)11-16(19)20-14/h7,9,12-15,18H,6,8,10-11H2,1-3H3/t12-,13-,14+,15-/m1/s1. The van der Waals surface area contributed by atoms with Gasteiger partial charge in [-0.05, 0) is 25.7 Å². The molecule has 20 heavy (non-hydrogen) atoms. The summed E-state index contributed by atoms with van der Waals surface area (Å²) in [6.45, 7) is 5.85. The highest BCUT2D eigenvalue weighted by Gasteiger charge is 2.43. The lowest BCUT2D eigenvalue weighted by molar-refractivity contribution is -0.141. The smallest absolute Gasteiger partial charge is 0.306 e. The number of hydrogen-bond acceptors (Lipinski definition) is 3. The van der Waals surface area contributed by atoms with Gasteiger partial charge in [0, 0.05) is 17.8 Å². The van der Waals surface area contributed by atoms with Gasteiger partial charge in [0.15, 0.2) is 0 Å². The van der Waals surface area contributed by atoms with E-state index in [0.717, 1.165) is 12.8 Å². The number of fused-ring (bicyclic) bond motifs is 1. The minimum atomic E-state index is -0.513. The average molecular weight is 276 g/mol. The van der Waals surface area contributed by atoms with Crippen molar-refractivity contribution in [1.82, 2.24) is 0 Å². The van der Waals surface area contributed by atoms with Crippen molar-refractivity contribution in [2.75, 3.05) is 0 Å². The molecule has 3 nitrogen and oxygen atoms in total. The zero-order valence-electron chi connectivity index (χ0n) is 12.6. The molecule has 0 bridgehead atoms. The molecule has 2 fully saturated rings. The van der Waals surface area contributed by atoms with E-state index in [2.05, 4.69) is 17.9 Å². The largest absolute Gasteiger partial charge is 0.462 e. The Morgan fingerprint density at radius 3 is 2.95 bits per heavy atom. The molecule has 0 unspecified atom stereocenters. The quantitative estimate of drug-likeness (QED) is 0.488. The molecule has 3 heteroatoms. The van der Waals surface area contributed by atoms with Crippen LogP contribution in [0.1, 0.15) is 46.5 Å². The summed E-state index contributed by atoms with van der Waals surface area (Å²) in [7, 11) is 0. The molecule has 1 saturated carbocycles. The molecule has 0 spiro atoms. The zero-order valence-corrected chi connectivity index (χ0v) is 12.6. The van der Waals surface area contributed by atoms with Gasteiger partial charge in [-0.2, -0.15) is 0 Å². The molecule has 1 aliphatic carbocycles. The molecule has 1 heterocycles. The topological polar surface area (TPSA) is 46.5 Å². The van der Waals surface area contributed by atoms with Gasteiger partial charge in [-0.15, -0.1) is 11.8 Å². The van der Waals surface area contributed by atoms with Gasteiger partial charge >= 0.3 is 5.97 Å². The summed E-state index contributed by atoms with van der Waals surface area (Å²) >= 11 is 0. The highest BCUT2D eigenvalue weighted by Crippen LogP contribution is 2.42. The van der Waals surface area contributed by atoms with Gasteiger partial charge in [-0.3, -0.25) is 4.79 Å². The molecule has 2 aliphatic rings. The molecule has 0 aromatic rings. The Morgan fingerprint density at radius 2 is 2.25 bits per heavy atom. The van der Waals surface area contributed by atoms with Crippen molar-refractivity contribution in [3.63, 3.8) is 0 Å². The molecule has 1 saturated heterocycles. The number of aliphatic hydroxyl groups excluding tert-OH is 1. The minimum Gasteiger partial charge on any atom is -0.462 e. The Morgan fingerprint density at radius 1 is 1.50 bits per heavy atom. The van der Waals surface area contributed by atoms with Crippen LogP contribution in [0.2, 0.25) is 0 Å². The minimum absolute atomic E-state index is 0.0720. The summed E-state index contributed by atoms with van der Waals surface area (Å²) in [4.78, 5) is 11.3. The molecule has 2 rings (SSSR count). The highest BCUT2D eigenvalue weighted by atomic mass is 16.5. The number of rotatable bonds is 4. The predicted octanol–water partition coefficient (Wildman–Crippen LogP) is 2.68. The number of ether oxygens (including phenoxy) is 1. The third-order valence-corrected chi connectivity index (χ3v) is 4.56. The van der Waals surface area contributed by atoms with E-state index in [0.29, 0.717) is 24.7 Å². The van der Waals surface area contributed by atoms with E-state index in [-0.39, 0.29) is 17.5 Å². The van der Waals surface area contributed by atoms with Gasteiger partial charge in [-0.25, -0.2) is 0 Å². The normalized spacial score (nSPS) is 30.8. The van der Waals surface area contributed by atoms with Gasteiger partial charge in [0.1, 0.15) is 6.10 Å². The van der Waals surface area contributed by atoms with Crippen molar-refractivity contribution in [2.45, 2.75) is 58.7 Å². The van der Waals surface area contributed by atoms with Gasteiger partial charge in [-0.1, -0.05) is 26.0 Å². The van der Waals surface area contributed by atoms with Gasteiger partial charge in [0.2, 0.25) is 0 Å². The van der Waals surface area contributed by atoms with Crippen LogP contribution >= 0.6 is 0 Å². The summed E-state index contributed by atoms with van der Waals surface area (Å²) in [6, 6.07) is 0. The molecule has 0 amide bonds. The molecule has 1 aliphatic heterocycles. The van der Waals surface area contributed by atoms with Crippen molar-refractivity contribution in [1.29, 1.82) is 0 Å². The lowest BCUT2D eigenvalue weighted by Gasteiger charge is -2.26. The fourth-order valence-electron chi connectivity index (χ4n) is 3.07. The number of carbonyl (C=O) groups is 1. The Bertz CT molecular complexity index is 453. The molecule has 0 aromatic carbocycles. The molecule has 0 radical (unpaired) electrons. The molecule has 4 atom stereocenters. The lowest BCUT2D eigenvalue weighted by Crippen LogP contribution is -2.27. The maximum Gasteiger partial charge on any atom is 0.306 e. The second kappa shape index (κ2) is 6.01. The third kappa shape index (κ3) is 3.24. The maximum absolute atomic E-state index is 11.3. The summed E-state index contributed by atoms with van der Waals surface area (Å²) in [6.07, 6.45) is 6.75. The highest BCUT2D eigenvalue weighted by molar-refractivity contribution is 5.72. The van der Waals surface area contributed by atoms with E-state index in [4.69, 9.17) is 4.74 Å². The van der Waals surface area contributed by atoms with E-state index < -0.39 is 6.10 Å². The molecule has 1 N–H and O–H groups in total. The first-order valence-corrected chi connectivity index (χ1v) is 7.39. The first-order valence-electron chi connectivity index (χ1n) is 7.39. The van der Waals surface area contributed by atoms with E-state index in [1.165, 1.54) is 0 Å². The van der Waals surface area contributed by atoms with Crippen LogP contribution in [0.4, 0.5) is 0 Å². The number of esters is 1. The van der Waals surface area contributed by atoms with E-state index >= 15 is 0 Å². The molecular formula is C17H24O3. The second-order valence-corrected chi connectivity index (χ2v) is 6.56. The molecule has 110 valence electrons. The van der Waals surface area contributed by atoms with Crippen molar-refractivity contribution < 1.29 is 14.6 Å². The monoisotopic (exact) mass is 276 g/mol. The van der Waals surface area contributed by atoms with Crippen LogP contribution in [-0.4, -0.2) is 23.3 Å². The van der Waals surface area contributed by atoms with Crippen LogP contribution in [-0.2, 0) is 9.53 Å². The SMILES string of the molecule is CC#CCC(C)(C)[C@H](O)C=C[C@H]1CC[C@@H]2OC(=O)C[C@@H]21. The first kappa shape index (κ1) is 15.1. The third-order valence-electron chi connectivity index (χ3n) is 4.56. The number of hydrogen-bond donors (Lipinski definition) is 1. The summed E-state index contributed by atoms with van der Waals surface area (Å²) in [5, 5.41) is 10.3. The first-order chi connectivity index (χ1) is 9.44. The van der Waals surface area contributed by atoms with Crippen LogP contribution in [0.15, 0.2) is 12.2 Å². The Balaban J connectivity index is 1.95. The van der Waals surface area contributed by atoms with Crippen molar-refractivity contribution >= 4 is 5.97 Å². The number of aliphatic hydroxyl groups is 1. The fourth-order valence-corrected chi connectivity index (χ4v) is 3.07. The lowest BCUT2D eigenvalue weighted by atomic mass is 9.82. The van der Waals surface area contributed by atoms with Crippen molar-refractivity contribution in [2.24, 2.45) is 17.3 Å². The second-order valence-electron chi connectivity index (χ2n) is 6.56. The number of allylic oxidation sites excluding steroid dienone is 1. The van der Waals surface area contributed by atoms with Gasteiger partial charge < -0.3 is 9.84 Å². The van der Waals surface area contributed by atoms with Crippen molar-refractivity contribution in [3.05, 3.63) is 12.2 Å². The van der Waals surface area contributed by atoms with Crippen LogP contribution < -0.4 is 0 Å². The molecular weight excluding hydrogens is 252 g/mol. The summed E-state index contributed by atoms with van der Waals surface area (Å²) in [5.74, 6) is 6.50. The Labute approximate surface area is 121 Å². The predicted molar refractivity (Wildman–Crippen MR) is 77.7 cm³/mol. The average Bonchev–Trinajstić information content (AvgIpc) is 2.93. The van der Waals surface area contributed by atoms with Crippen LogP contribution in [0.25, 0.3) is 0 Å². The van der Waals surface area contributed by atoms with E-state index in [1.54, 1.807) is 0 Å². The van der Waals surface area contributed by atoms with Gasteiger partial charge in [0.25, 0.3) is 0 Å². The summed E-state index contributed by atoms with van der Waals surface area (Å²) in [5.41, 5.74) is -0.250. The van der Waals surface area contributed by atoms with E-state index in [9.17, 15) is 9.90 Å². The van der Waals surface area contributed by atoms with Gasteiger partial charge in [0.05, 0.1) is 12.5 Å². The summed E-state index contributed by atoms with van der Waals surface area (Å²) < 4.78 is 5.29. The molecule has 0 aromatic heterocycles. The van der Waals surface area contributed by atoms with Crippen LogP contribution in [0, 0.1) is 29.1 Å². The zero-order chi connectivity index (χ0) is 14.8.